The van der Waals surface area contributed by atoms with Crippen LogP contribution in [0.5, 0.6) is 5.75 Å². The van der Waals surface area contributed by atoms with Crippen LogP contribution >= 0.6 is 11.3 Å². The number of benzene rings is 2. The van der Waals surface area contributed by atoms with E-state index in [9.17, 15) is 0 Å². The molecule has 0 unspecified atom stereocenters. The number of hydrazone groups is 1. The van der Waals surface area contributed by atoms with E-state index in [1.807, 2.05) is 31.2 Å². The van der Waals surface area contributed by atoms with E-state index in [0.29, 0.717) is 6.61 Å². The summed E-state index contributed by atoms with van der Waals surface area (Å²) in [4.78, 5) is 4.68. The van der Waals surface area contributed by atoms with E-state index in [0.717, 1.165) is 22.1 Å². The third-order valence-electron chi connectivity index (χ3n) is 3.98. The molecule has 2 aromatic carbocycles. The number of hydrogen-bond acceptors (Lipinski definition) is 5. The van der Waals surface area contributed by atoms with Crippen molar-refractivity contribution >= 4 is 22.7 Å². The van der Waals surface area contributed by atoms with Gasteiger partial charge in [-0.2, -0.15) is 5.10 Å². The van der Waals surface area contributed by atoms with Crippen LogP contribution in [0.2, 0.25) is 0 Å². The van der Waals surface area contributed by atoms with Crippen molar-refractivity contribution < 1.29 is 4.74 Å². The van der Waals surface area contributed by atoms with Crippen molar-refractivity contribution in [2.24, 2.45) is 5.10 Å². The molecule has 0 radical (unpaired) electrons. The number of nitrogens with zero attached hydrogens (tertiary/aromatic N) is 2. The molecule has 0 saturated carbocycles. The molecule has 0 aliphatic rings. The normalized spacial score (nSPS) is 11.1. The number of aromatic nitrogens is 1. The Morgan fingerprint density at radius 2 is 1.92 bits per heavy atom. The van der Waals surface area contributed by atoms with Crippen LogP contribution in [-0.2, 0) is 0 Å². The van der Waals surface area contributed by atoms with Gasteiger partial charge in [0.1, 0.15) is 5.75 Å². The van der Waals surface area contributed by atoms with Crippen LogP contribution in [-0.4, -0.2) is 17.8 Å². The molecule has 0 amide bonds. The molecule has 1 N–H and O–H groups in total. The smallest absolute Gasteiger partial charge is 0.203 e. The molecule has 0 bridgehead atoms. The molecule has 1 heterocycles. The van der Waals surface area contributed by atoms with Crippen molar-refractivity contribution in [1.82, 2.24) is 4.98 Å². The molecule has 26 heavy (non-hydrogen) atoms. The first-order valence-corrected chi connectivity index (χ1v) is 9.50. The highest BCUT2D eigenvalue weighted by atomic mass is 32.1. The van der Waals surface area contributed by atoms with Crippen LogP contribution in [0.3, 0.4) is 0 Å². The number of thiazole rings is 1. The molecule has 0 saturated heterocycles. The Kier molecular flexibility index (Phi) is 5.68. The van der Waals surface area contributed by atoms with Crippen LogP contribution in [0.4, 0.5) is 5.13 Å². The predicted molar refractivity (Wildman–Crippen MR) is 111 cm³/mol. The number of rotatable bonds is 6. The maximum Gasteiger partial charge on any atom is 0.203 e. The van der Waals surface area contributed by atoms with Gasteiger partial charge in [0, 0.05) is 10.9 Å². The van der Waals surface area contributed by atoms with Crippen molar-refractivity contribution in [3.63, 3.8) is 0 Å². The van der Waals surface area contributed by atoms with Gasteiger partial charge in [-0.15, -0.1) is 11.3 Å². The summed E-state index contributed by atoms with van der Waals surface area (Å²) in [5, 5.41) is 7.14. The zero-order chi connectivity index (χ0) is 18.5. The van der Waals surface area contributed by atoms with Gasteiger partial charge in [-0.05, 0) is 56.5 Å². The molecule has 0 aliphatic carbocycles. The van der Waals surface area contributed by atoms with E-state index in [-0.39, 0.29) is 0 Å². The molecular weight excluding hydrogens is 342 g/mol. The molecule has 1 aromatic heterocycles. The third-order valence-corrected chi connectivity index (χ3v) is 4.73. The Balaban J connectivity index is 1.72. The molecule has 134 valence electrons. The van der Waals surface area contributed by atoms with Crippen LogP contribution in [0.15, 0.2) is 46.9 Å². The molecule has 0 fully saturated rings. The van der Waals surface area contributed by atoms with Gasteiger partial charge >= 0.3 is 0 Å². The lowest BCUT2D eigenvalue weighted by molar-refractivity contribution is 0.340. The molecule has 4 nitrogen and oxygen atoms in total. The van der Waals surface area contributed by atoms with Crippen molar-refractivity contribution in [3.05, 3.63) is 64.0 Å². The van der Waals surface area contributed by atoms with Crippen LogP contribution in [0, 0.1) is 20.8 Å². The lowest BCUT2D eigenvalue weighted by Crippen LogP contribution is -1.94. The highest BCUT2D eigenvalue weighted by Gasteiger charge is 2.10. The first kappa shape index (κ1) is 18.1. The fraction of sp³-hybridized carbons (Fsp3) is 0.238. The van der Waals surface area contributed by atoms with Gasteiger partial charge < -0.3 is 4.74 Å². The zero-order valence-electron chi connectivity index (χ0n) is 15.5. The minimum atomic E-state index is 0.651. The van der Waals surface area contributed by atoms with E-state index < -0.39 is 0 Å². The molecule has 3 rings (SSSR count). The van der Waals surface area contributed by atoms with E-state index in [1.54, 1.807) is 17.6 Å². The standard InChI is InChI=1S/C21H23N3OS/c1-5-25-18-8-6-7-17(11-18)12-22-24-21-23-19(13-26-21)20-15(3)9-14(2)10-16(20)4/h6-13H,5H2,1-4H3,(H,23,24)/b22-12-. The largest absolute Gasteiger partial charge is 0.494 e. The Hall–Kier alpha value is -2.66. The Labute approximate surface area is 158 Å². The molecule has 0 spiro atoms. The summed E-state index contributed by atoms with van der Waals surface area (Å²) in [7, 11) is 0. The summed E-state index contributed by atoms with van der Waals surface area (Å²) in [6.07, 6.45) is 1.77. The van der Waals surface area contributed by atoms with E-state index >= 15 is 0 Å². The first-order valence-electron chi connectivity index (χ1n) is 8.62. The maximum absolute atomic E-state index is 5.50. The average Bonchev–Trinajstić information content (AvgIpc) is 3.03. The summed E-state index contributed by atoms with van der Waals surface area (Å²) in [6, 6.07) is 12.2. The second-order valence-corrected chi connectivity index (χ2v) is 7.05. The van der Waals surface area contributed by atoms with Crippen LogP contribution < -0.4 is 10.2 Å². The highest BCUT2D eigenvalue weighted by Crippen LogP contribution is 2.31. The Bertz CT molecular complexity index is 908. The average molecular weight is 366 g/mol. The molecule has 0 aliphatic heterocycles. The molecule has 5 heteroatoms. The van der Waals surface area contributed by atoms with Crippen molar-refractivity contribution in [2.45, 2.75) is 27.7 Å². The molecule has 3 aromatic rings. The number of nitrogens with one attached hydrogen (secondary N) is 1. The van der Waals surface area contributed by atoms with Gasteiger partial charge in [0.15, 0.2) is 0 Å². The van der Waals surface area contributed by atoms with Gasteiger partial charge in [0.2, 0.25) is 5.13 Å². The van der Waals surface area contributed by atoms with Crippen molar-refractivity contribution in [2.75, 3.05) is 12.0 Å². The van der Waals surface area contributed by atoms with E-state index in [1.165, 1.54) is 22.3 Å². The number of hydrogen-bond donors (Lipinski definition) is 1. The Morgan fingerprint density at radius 3 is 2.65 bits per heavy atom. The van der Waals surface area contributed by atoms with Gasteiger partial charge in [0.05, 0.1) is 18.5 Å². The van der Waals surface area contributed by atoms with Crippen LogP contribution in [0.1, 0.15) is 29.2 Å². The highest BCUT2D eigenvalue weighted by molar-refractivity contribution is 7.14. The van der Waals surface area contributed by atoms with Gasteiger partial charge in [-0.3, -0.25) is 5.43 Å². The van der Waals surface area contributed by atoms with Crippen molar-refractivity contribution in [1.29, 1.82) is 0 Å². The summed E-state index contributed by atoms with van der Waals surface area (Å²) in [5.74, 6) is 0.846. The van der Waals surface area contributed by atoms with Crippen LogP contribution in [0.25, 0.3) is 11.3 Å². The van der Waals surface area contributed by atoms with Gasteiger partial charge in [-0.1, -0.05) is 29.8 Å². The van der Waals surface area contributed by atoms with E-state index in [4.69, 9.17) is 4.74 Å². The van der Waals surface area contributed by atoms with E-state index in [2.05, 4.69) is 53.8 Å². The van der Waals surface area contributed by atoms with Gasteiger partial charge in [-0.25, -0.2) is 4.98 Å². The first-order chi connectivity index (χ1) is 12.6. The number of ether oxygens (including phenoxy) is 1. The minimum Gasteiger partial charge on any atom is -0.494 e. The zero-order valence-corrected chi connectivity index (χ0v) is 16.4. The second kappa shape index (κ2) is 8.15. The monoisotopic (exact) mass is 365 g/mol. The fourth-order valence-electron chi connectivity index (χ4n) is 3.04. The number of anilines is 1. The quantitative estimate of drug-likeness (QED) is 0.458. The summed E-state index contributed by atoms with van der Waals surface area (Å²) < 4.78 is 5.50. The SMILES string of the molecule is CCOc1cccc(/C=N\Nc2nc(-c3c(C)cc(C)cc3C)cs2)c1. The summed E-state index contributed by atoms with van der Waals surface area (Å²) in [6.45, 7) is 9.00. The predicted octanol–water partition coefficient (Wildman–Crippen LogP) is 5.58. The molecular formula is C21H23N3OS. The lowest BCUT2D eigenvalue weighted by Gasteiger charge is -2.08. The molecule has 0 atom stereocenters. The number of aryl methyl sites for hydroxylation is 3. The second-order valence-electron chi connectivity index (χ2n) is 6.19. The summed E-state index contributed by atoms with van der Waals surface area (Å²) in [5.41, 5.74) is 9.95. The minimum absolute atomic E-state index is 0.651. The van der Waals surface area contributed by atoms with Gasteiger partial charge in [0.25, 0.3) is 0 Å². The lowest BCUT2D eigenvalue weighted by atomic mass is 9.98. The topological polar surface area (TPSA) is 46.5 Å². The Morgan fingerprint density at radius 1 is 1.15 bits per heavy atom. The summed E-state index contributed by atoms with van der Waals surface area (Å²) >= 11 is 1.55. The van der Waals surface area contributed by atoms with Crippen molar-refractivity contribution in [3.8, 4) is 17.0 Å². The third kappa shape index (κ3) is 4.29. The fourth-order valence-corrected chi connectivity index (χ4v) is 3.69. The maximum atomic E-state index is 5.50.